The molecule has 0 aliphatic carbocycles. The second-order valence-electron chi connectivity index (χ2n) is 4.56. The predicted molar refractivity (Wildman–Crippen MR) is 73.3 cm³/mol. The van der Waals surface area contributed by atoms with Crippen molar-refractivity contribution in [3.05, 3.63) is 23.8 Å². The summed E-state index contributed by atoms with van der Waals surface area (Å²) in [6, 6.07) is 4.83. The van der Waals surface area contributed by atoms with Gasteiger partial charge in [0, 0.05) is 18.4 Å². The Balaban J connectivity index is 2.56. The first-order valence-corrected chi connectivity index (χ1v) is 6.23. The highest BCUT2D eigenvalue weighted by molar-refractivity contribution is 5.93. The van der Waals surface area contributed by atoms with Gasteiger partial charge in [0.05, 0.1) is 13.7 Å². The van der Waals surface area contributed by atoms with Crippen molar-refractivity contribution in [1.29, 1.82) is 0 Å². The maximum Gasteiger partial charge on any atom is 0.341 e. The van der Waals surface area contributed by atoms with Crippen molar-refractivity contribution in [2.75, 3.05) is 32.7 Å². The minimum atomic E-state index is -0.446. The number of nitrogen functional groups attached to an aromatic ring is 1. The molecule has 1 aromatic carbocycles. The average Bonchev–Trinajstić information content (AvgIpc) is 2.37. The fourth-order valence-electron chi connectivity index (χ4n) is 1.47. The van der Waals surface area contributed by atoms with Gasteiger partial charge in [0.15, 0.2) is 0 Å². The van der Waals surface area contributed by atoms with Crippen molar-refractivity contribution >= 4 is 11.7 Å². The van der Waals surface area contributed by atoms with Gasteiger partial charge in [0.1, 0.15) is 17.9 Å². The number of benzene rings is 1. The number of esters is 1. The fourth-order valence-corrected chi connectivity index (χ4v) is 1.47. The molecule has 0 unspecified atom stereocenters. The molecule has 0 radical (unpaired) electrons. The first-order chi connectivity index (χ1) is 9.04. The first-order valence-electron chi connectivity index (χ1n) is 6.23. The third-order valence-corrected chi connectivity index (χ3v) is 2.35. The number of rotatable bonds is 7. The number of hydrogen-bond acceptors (Lipinski definition) is 5. The van der Waals surface area contributed by atoms with Crippen LogP contribution in [0.25, 0.3) is 0 Å². The van der Waals surface area contributed by atoms with Gasteiger partial charge in [0.2, 0.25) is 0 Å². The second kappa shape index (κ2) is 7.63. The number of nitrogens with two attached hydrogens (primary N) is 1. The van der Waals surface area contributed by atoms with Crippen LogP contribution in [-0.2, 0) is 9.47 Å². The van der Waals surface area contributed by atoms with Crippen LogP contribution in [-0.4, -0.2) is 32.9 Å². The van der Waals surface area contributed by atoms with Crippen LogP contribution in [0.2, 0.25) is 0 Å². The summed E-state index contributed by atoms with van der Waals surface area (Å²) in [7, 11) is 1.33. The Bertz CT molecular complexity index is 418. The zero-order valence-electron chi connectivity index (χ0n) is 11.6. The number of ether oxygens (including phenoxy) is 3. The minimum absolute atomic E-state index is 0.361. The van der Waals surface area contributed by atoms with Crippen LogP contribution < -0.4 is 10.5 Å². The molecular formula is C14H21NO4. The predicted octanol–water partition coefficient (Wildman–Crippen LogP) is 2.11. The highest BCUT2D eigenvalue weighted by atomic mass is 16.5. The summed E-state index contributed by atoms with van der Waals surface area (Å²) in [4.78, 5) is 11.5. The molecule has 0 saturated heterocycles. The topological polar surface area (TPSA) is 70.8 Å². The van der Waals surface area contributed by atoms with Gasteiger partial charge < -0.3 is 19.9 Å². The zero-order valence-corrected chi connectivity index (χ0v) is 11.6. The van der Waals surface area contributed by atoms with E-state index in [1.807, 2.05) is 0 Å². The lowest BCUT2D eigenvalue weighted by molar-refractivity contribution is 0.0587. The molecule has 0 saturated carbocycles. The van der Waals surface area contributed by atoms with Crippen molar-refractivity contribution in [2.45, 2.75) is 13.8 Å². The summed E-state index contributed by atoms with van der Waals surface area (Å²) in [5.74, 6) is 0.455. The van der Waals surface area contributed by atoms with Gasteiger partial charge in [-0.05, 0) is 18.1 Å². The summed E-state index contributed by atoms with van der Waals surface area (Å²) < 4.78 is 15.6. The van der Waals surface area contributed by atoms with E-state index in [0.717, 1.165) is 0 Å². The molecule has 106 valence electrons. The van der Waals surface area contributed by atoms with E-state index in [1.54, 1.807) is 18.2 Å². The summed E-state index contributed by atoms with van der Waals surface area (Å²) in [6.45, 7) is 5.67. The first kappa shape index (κ1) is 15.3. The number of carbonyl (C=O) groups excluding carboxylic acids is 1. The third kappa shape index (κ3) is 5.18. The fraction of sp³-hybridized carbons (Fsp3) is 0.500. The van der Waals surface area contributed by atoms with Crippen LogP contribution in [0.3, 0.4) is 0 Å². The van der Waals surface area contributed by atoms with Crippen LogP contribution in [0.15, 0.2) is 18.2 Å². The number of hydrogen-bond donors (Lipinski definition) is 1. The summed E-state index contributed by atoms with van der Waals surface area (Å²) in [6.07, 6.45) is 0. The molecule has 0 bridgehead atoms. The van der Waals surface area contributed by atoms with E-state index in [2.05, 4.69) is 18.6 Å². The molecule has 19 heavy (non-hydrogen) atoms. The van der Waals surface area contributed by atoms with Gasteiger partial charge in [-0.1, -0.05) is 13.8 Å². The zero-order chi connectivity index (χ0) is 14.3. The highest BCUT2D eigenvalue weighted by Crippen LogP contribution is 2.22. The molecule has 0 aliphatic heterocycles. The molecule has 0 heterocycles. The molecule has 1 rings (SSSR count). The smallest absolute Gasteiger partial charge is 0.341 e. The Morgan fingerprint density at radius 1 is 1.32 bits per heavy atom. The molecule has 5 nitrogen and oxygen atoms in total. The molecule has 0 spiro atoms. The van der Waals surface area contributed by atoms with Crippen LogP contribution in [0, 0.1) is 5.92 Å². The molecular weight excluding hydrogens is 246 g/mol. The maximum atomic E-state index is 11.5. The van der Waals surface area contributed by atoms with E-state index in [-0.39, 0.29) is 0 Å². The lowest BCUT2D eigenvalue weighted by Gasteiger charge is -2.12. The van der Waals surface area contributed by atoms with Crippen molar-refractivity contribution in [3.8, 4) is 5.75 Å². The summed E-state index contributed by atoms with van der Waals surface area (Å²) in [5, 5.41) is 0. The molecule has 5 heteroatoms. The van der Waals surface area contributed by atoms with E-state index < -0.39 is 5.97 Å². The molecule has 0 atom stereocenters. The van der Waals surface area contributed by atoms with E-state index in [1.165, 1.54) is 7.11 Å². The Morgan fingerprint density at radius 3 is 2.68 bits per heavy atom. The van der Waals surface area contributed by atoms with E-state index >= 15 is 0 Å². The van der Waals surface area contributed by atoms with E-state index in [4.69, 9.17) is 15.2 Å². The Hall–Kier alpha value is -1.75. The third-order valence-electron chi connectivity index (χ3n) is 2.35. The normalized spacial score (nSPS) is 10.5. The molecule has 0 fully saturated rings. The SMILES string of the molecule is COC(=O)c1ccc(N)cc1OCCOCC(C)C. The molecule has 1 aromatic rings. The summed E-state index contributed by atoms with van der Waals surface area (Å²) in [5.41, 5.74) is 6.57. The van der Waals surface area contributed by atoms with Gasteiger partial charge in [-0.15, -0.1) is 0 Å². The number of anilines is 1. The van der Waals surface area contributed by atoms with Crippen LogP contribution in [0.1, 0.15) is 24.2 Å². The van der Waals surface area contributed by atoms with Gasteiger partial charge in [-0.25, -0.2) is 4.79 Å². The molecule has 0 amide bonds. The lowest BCUT2D eigenvalue weighted by atomic mass is 10.2. The molecule has 0 aromatic heterocycles. The Labute approximate surface area is 113 Å². The van der Waals surface area contributed by atoms with Gasteiger partial charge in [-0.3, -0.25) is 0 Å². The van der Waals surface area contributed by atoms with Crippen LogP contribution in [0.4, 0.5) is 5.69 Å². The Morgan fingerprint density at radius 2 is 2.05 bits per heavy atom. The van der Waals surface area contributed by atoms with Gasteiger partial charge in [0.25, 0.3) is 0 Å². The molecule has 0 aliphatic rings. The van der Waals surface area contributed by atoms with Crippen molar-refractivity contribution in [1.82, 2.24) is 0 Å². The largest absolute Gasteiger partial charge is 0.490 e. The maximum absolute atomic E-state index is 11.5. The number of carbonyl (C=O) groups is 1. The monoisotopic (exact) mass is 267 g/mol. The average molecular weight is 267 g/mol. The second-order valence-corrected chi connectivity index (χ2v) is 4.56. The number of methoxy groups -OCH3 is 1. The Kier molecular flexibility index (Phi) is 6.15. The summed E-state index contributed by atoms with van der Waals surface area (Å²) >= 11 is 0. The van der Waals surface area contributed by atoms with Crippen LogP contribution in [0.5, 0.6) is 5.75 Å². The van der Waals surface area contributed by atoms with E-state index in [9.17, 15) is 4.79 Å². The van der Waals surface area contributed by atoms with Gasteiger partial charge in [-0.2, -0.15) is 0 Å². The highest BCUT2D eigenvalue weighted by Gasteiger charge is 2.13. The van der Waals surface area contributed by atoms with Crippen molar-refractivity contribution < 1.29 is 19.0 Å². The standard InChI is InChI=1S/C14H21NO4/c1-10(2)9-18-6-7-19-13-8-11(15)4-5-12(13)14(16)17-3/h4-5,8,10H,6-7,9,15H2,1-3H3. The quantitative estimate of drug-likeness (QED) is 0.465. The van der Waals surface area contributed by atoms with E-state index in [0.29, 0.717) is 42.7 Å². The lowest BCUT2D eigenvalue weighted by Crippen LogP contribution is -2.12. The van der Waals surface area contributed by atoms with Crippen LogP contribution >= 0.6 is 0 Å². The van der Waals surface area contributed by atoms with Gasteiger partial charge >= 0.3 is 5.97 Å². The minimum Gasteiger partial charge on any atom is -0.490 e. The molecule has 2 N–H and O–H groups in total. The van der Waals surface area contributed by atoms with Crippen molar-refractivity contribution in [2.24, 2.45) is 5.92 Å². The van der Waals surface area contributed by atoms with Crippen molar-refractivity contribution in [3.63, 3.8) is 0 Å².